The Labute approximate surface area is 116 Å². The molecule has 1 atom stereocenters. The fourth-order valence-corrected chi connectivity index (χ4v) is 2.71. The summed E-state index contributed by atoms with van der Waals surface area (Å²) in [5.74, 6) is 0.667. The molecule has 0 amide bonds. The predicted molar refractivity (Wildman–Crippen MR) is 75.9 cm³/mol. The molecule has 1 aliphatic carbocycles. The van der Waals surface area contributed by atoms with Gasteiger partial charge < -0.3 is 11.1 Å². The topological polar surface area (TPSA) is 38.0 Å². The lowest BCUT2D eigenvalue weighted by molar-refractivity contribution is 0.288. The van der Waals surface area contributed by atoms with Gasteiger partial charge in [-0.15, -0.1) is 0 Å². The Hall–Kier alpha value is -0.450. The van der Waals surface area contributed by atoms with Crippen LogP contribution >= 0.6 is 15.9 Å². The van der Waals surface area contributed by atoms with Crippen LogP contribution in [0.5, 0.6) is 0 Å². The van der Waals surface area contributed by atoms with E-state index < -0.39 is 0 Å². The maximum Gasteiger partial charge on any atom is 0.137 e. The molecule has 1 aliphatic rings. The SMILES string of the molecule is NCC(NCCC1CCC1)c1ccc(F)c(Br)c1. The van der Waals surface area contributed by atoms with Crippen LogP contribution in [0.3, 0.4) is 0 Å². The summed E-state index contributed by atoms with van der Waals surface area (Å²) in [6, 6.07) is 5.20. The fraction of sp³-hybridized carbons (Fsp3) is 0.571. The summed E-state index contributed by atoms with van der Waals surface area (Å²) in [6.07, 6.45) is 5.35. The second-order valence-corrected chi connectivity index (χ2v) is 5.86. The van der Waals surface area contributed by atoms with Gasteiger partial charge >= 0.3 is 0 Å². The van der Waals surface area contributed by atoms with Gasteiger partial charge in [-0.25, -0.2) is 4.39 Å². The van der Waals surface area contributed by atoms with Crippen LogP contribution in [0.4, 0.5) is 4.39 Å². The van der Waals surface area contributed by atoms with E-state index in [-0.39, 0.29) is 11.9 Å². The summed E-state index contributed by atoms with van der Waals surface area (Å²) in [7, 11) is 0. The number of hydrogen-bond donors (Lipinski definition) is 2. The van der Waals surface area contributed by atoms with E-state index in [1.54, 1.807) is 6.07 Å². The van der Waals surface area contributed by atoms with Crippen LogP contribution in [0, 0.1) is 11.7 Å². The normalized spacial score (nSPS) is 17.5. The van der Waals surface area contributed by atoms with Gasteiger partial charge in [0.05, 0.1) is 4.47 Å². The van der Waals surface area contributed by atoms with Crippen molar-refractivity contribution in [2.24, 2.45) is 11.7 Å². The van der Waals surface area contributed by atoms with Crippen LogP contribution in [0.1, 0.15) is 37.3 Å². The molecule has 1 saturated carbocycles. The standard InChI is InChI=1S/C14H20BrFN2/c15-12-8-11(4-5-13(12)16)14(9-17)18-7-6-10-2-1-3-10/h4-5,8,10,14,18H,1-3,6-7,9,17H2. The van der Waals surface area contributed by atoms with Crippen LogP contribution < -0.4 is 11.1 Å². The van der Waals surface area contributed by atoms with Gasteiger partial charge in [0.1, 0.15) is 5.82 Å². The summed E-state index contributed by atoms with van der Waals surface area (Å²) < 4.78 is 13.7. The van der Waals surface area contributed by atoms with Crippen molar-refractivity contribution in [3.63, 3.8) is 0 Å². The van der Waals surface area contributed by atoms with Crippen molar-refractivity contribution in [3.05, 3.63) is 34.1 Å². The number of halogens is 2. The number of nitrogens with one attached hydrogen (secondary N) is 1. The van der Waals surface area contributed by atoms with Gasteiger partial charge in [-0.3, -0.25) is 0 Å². The summed E-state index contributed by atoms with van der Waals surface area (Å²) >= 11 is 3.21. The van der Waals surface area contributed by atoms with E-state index in [1.807, 2.05) is 6.07 Å². The lowest BCUT2D eigenvalue weighted by Gasteiger charge is -2.26. The maximum absolute atomic E-state index is 13.2. The van der Waals surface area contributed by atoms with Gasteiger partial charge in [0.2, 0.25) is 0 Å². The lowest BCUT2D eigenvalue weighted by atomic mass is 9.83. The zero-order valence-electron chi connectivity index (χ0n) is 10.5. The fourth-order valence-electron chi connectivity index (χ4n) is 2.31. The van der Waals surface area contributed by atoms with Crippen molar-refractivity contribution in [1.29, 1.82) is 0 Å². The van der Waals surface area contributed by atoms with Crippen LogP contribution in [-0.4, -0.2) is 13.1 Å². The number of nitrogens with two attached hydrogens (primary N) is 1. The van der Waals surface area contributed by atoms with Gasteiger partial charge in [-0.05, 0) is 52.5 Å². The van der Waals surface area contributed by atoms with Gasteiger partial charge in [-0.2, -0.15) is 0 Å². The molecule has 0 bridgehead atoms. The molecule has 3 N–H and O–H groups in total. The van der Waals surface area contributed by atoms with Crippen molar-refractivity contribution in [3.8, 4) is 0 Å². The van der Waals surface area contributed by atoms with Crippen molar-refractivity contribution in [1.82, 2.24) is 5.32 Å². The van der Waals surface area contributed by atoms with Crippen LogP contribution in [0.15, 0.2) is 22.7 Å². The van der Waals surface area contributed by atoms with E-state index in [4.69, 9.17) is 5.73 Å². The first-order valence-corrected chi connectivity index (χ1v) is 7.38. The highest BCUT2D eigenvalue weighted by molar-refractivity contribution is 9.10. The van der Waals surface area contributed by atoms with Crippen LogP contribution in [-0.2, 0) is 0 Å². The molecular weight excluding hydrogens is 295 g/mol. The minimum atomic E-state index is -0.232. The van der Waals surface area contributed by atoms with Crippen molar-refractivity contribution < 1.29 is 4.39 Å². The van der Waals surface area contributed by atoms with E-state index in [1.165, 1.54) is 31.7 Å². The smallest absolute Gasteiger partial charge is 0.137 e. The Morgan fingerprint density at radius 2 is 2.22 bits per heavy atom. The number of hydrogen-bond acceptors (Lipinski definition) is 2. The molecule has 4 heteroatoms. The number of rotatable bonds is 6. The quantitative estimate of drug-likeness (QED) is 0.845. The van der Waals surface area contributed by atoms with Crippen LogP contribution in [0.2, 0.25) is 0 Å². The molecule has 0 aliphatic heterocycles. The third-order valence-corrected chi connectivity index (χ3v) is 4.36. The molecule has 18 heavy (non-hydrogen) atoms. The van der Waals surface area contributed by atoms with E-state index >= 15 is 0 Å². The average molecular weight is 315 g/mol. The van der Waals surface area contributed by atoms with Gasteiger partial charge in [-0.1, -0.05) is 25.3 Å². The molecule has 0 spiro atoms. The third-order valence-electron chi connectivity index (χ3n) is 3.75. The van der Waals surface area contributed by atoms with Gasteiger partial charge in [0.25, 0.3) is 0 Å². The zero-order chi connectivity index (χ0) is 13.0. The first-order valence-electron chi connectivity index (χ1n) is 6.59. The Kier molecular flexibility index (Phi) is 5.15. The Morgan fingerprint density at radius 3 is 2.78 bits per heavy atom. The molecule has 1 aromatic rings. The van der Waals surface area contributed by atoms with Crippen molar-refractivity contribution >= 4 is 15.9 Å². The molecule has 1 unspecified atom stereocenters. The highest BCUT2D eigenvalue weighted by Crippen LogP contribution is 2.29. The number of benzene rings is 1. The Morgan fingerprint density at radius 1 is 1.44 bits per heavy atom. The molecule has 1 aromatic carbocycles. The van der Waals surface area contributed by atoms with E-state index in [2.05, 4.69) is 21.2 Å². The van der Waals surface area contributed by atoms with Crippen molar-refractivity contribution in [2.45, 2.75) is 31.7 Å². The van der Waals surface area contributed by atoms with Gasteiger partial charge in [0.15, 0.2) is 0 Å². The molecule has 0 heterocycles. The molecule has 2 rings (SSSR count). The summed E-state index contributed by atoms with van der Waals surface area (Å²) in [5.41, 5.74) is 6.83. The highest BCUT2D eigenvalue weighted by atomic mass is 79.9. The van der Waals surface area contributed by atoms with Crippen LogP contribution in [0.25, 0.3) is 0 Å². The van der Waals surface area contributed by atoms with E-state index in [9.17, 15) is 4.39 Å². The van der Waals surface area contributed by atoms with E-state index in [0.717, 1.165) is 18.0 Å². The largest absolute Gasteiger partial charge is 0.329 e. The second-order valence-electron chi connectivity index (χ2n) is 5.00. The monoisotopic (exact) mass is 314 g/mol. The average Bonchev–Trinajstić information content (AvgIpc) is 2.31. The summed E-state index contributed by atoms with van der Waals surface area (Å²) in [4.78, 5) is 0. The first-order chi connectivity index (χ1) is 8.70. The molecule has 2 nitrogen and oxygen atoms in total. The highest BCUT2D eigenvalue weighted by Gasteiger charge is 2.17. The Balaban J connectivity index is 1.87. The van der Waals surface area contributed by atoms with Crippen molar-refractivity contribution in [2.75, 3.05) is 13.1 Å². The first kappa shape index (κ1) is 14.0. The molecule has 1 fully saturated rings. The molecule has 100 valence electrons. The minimum absolute atomic E-state index is 0.113. The zero-order valence-corrected chi connectivity index (χ0v) is 12.0. The maximum atomic E-state index is 13.2. The molecular formula is C14H20BrFN2. The summed E-state index contributed by atoms with van der Waals surface area (Å²) in [5, 5.41) is 3.46. The lowest BCUT2D eigenvalue weighted by Crippen LogP contribution is -2.30. The Bertz CT molecular complexity index is 393. The van der Waals surface area contributed by atoms with E-state index in [0.29, 0.717) is 11.0 Å². The minimum Gasteiger partial charge on any atom is -0.329 e. The molecule has 0 saturated heterocycles. The summed E-state index contributed by atoms with van der Waals surface area (Å²) in [6.45, 7) is 1.52. The third kappa shape index (κ3) is 3.53. The van der Waals surface area contributed by atoms with Gasteiger partial charge in [0, 0.05) is 12.6 Å². The molecule has 0 aromatic heterocycles. The molecule has 0 radical (unpaired) electrons. The predicted octanol–water partition coefficient (Wildman–Crippen LogP) is 3.37. The second kappa shape index (κ2) is 6.64.